The number of hydrogen-bond acceptors (Lipinski definition) is 0. The molecule has 0 aliphatic carbocycles. The van der Waals surface area contributed by atoms with Crippen molar-refractivity contribution in [3.8, 4) is 0 Å². The van der Waals surface area contributed by atoms with Crippen molar-refractivity contribution in [3.63, 3.8) is 0 Å². The third kappa shape index (κ3) is 8.29. The van der Waals surface area contributed by atoms with Crippen molar-refractivity contribution >= 4 is 30.0 Å². The molecule has 0 aromatic rings. The monoisotopic (exact) mass is 606 g/mol. The lowest BCUT2D eigenvalue weighted by Gasteiger charge is -2.43. The smallest absolute Gasteiger partial charge is 0.273 e. The molecular formula is C20H60N13P4+. The Hall–Kier alpha value is 0.560. The molecule has 0 saturated carbocycles. The van der Waals surface area contributed by atoms with Gasteiger partial charge in [0.15, 0.2) is 28.1 Å². The van der Waals surface area contributed by atoms with Crippen LogP contribution in [0.1, 0.15) is 20.8 Å². The maximum absolute atomic E-state index is 7.19. The molecule has 0 bridgehead atoms. The normalized spacial score (nSPS) is 14.8. The van der Waals surface area contributed by atoms with Crippen LogP contribution < -0.4 is 10.2 Å². The second kappa shape index (κ2) is 13.5. The first-order chi connectivity index (χ1) is 16.4. The summed E-state index contributed by atoms with van der Waals surface area (Å²) in [4.78, 5) is 0. The highest BCUT2D eigenvalue weighted by Crippen LogP contribution is 2.73. The zero-order valence-electron chi connectivity index (χ0n) is 27.3. The summed E-state index contributed by atoms with van der Waals surface area (Å²) < 4.78 is 38.4. The van der Waals surface area contributed by atoms with Crippen LogP contribution >= 0.6 is 30.0 Å². The van der Waals surface area contributed by atoms with Gasteiger partial charge in [0, 0.05) is 0 Å². The summed E-state index contributed by atoms with van der Waals surface area (Å²) in [5, 5.41) is 0. The summed E-state index contributed by atoms with van der Waals surface area (Å²) >= 11 is 0. The average Bonchev–Trinajstić information content (AvgIpc) is 2.66. The summed E-state index contributed by atoms with van der Waals surface area (Å²) in [5.74, 6) is 0. The van der Waals surface area contributed by atoms with Gasteiger partial charge in [0.2, 0.25) is 0 Å². The summed E-state index contributed by atoms with van der Waals surface area (Å²) in [6.07, 6.45) is 0. The fourth-order valence-corrected chi connectivity index (χ4v) is 21.3. The molecule has 0 aliphatic rings. The predicted octanol–water partition coefficient (Wildman–Crippen LogP) is 3.10. The molecule has 0 aliphatic heterocycles. The van der Waals surface area contributed by atoms with E-state index in [9.17, 15) is 0 Å². The Morgan fingerprint density at radius 2 is 0.703 bits per heavy atom. The van der Waals surface area contributed by atoms with E-state index >= 15 is 0 Å². The first-order valence-corrected chi connectivity index (χ1v) is 18.8. The Bertz CT molecular complexity index is 856. The van der Waals surface area contributed by atoms with E-state index in [4.69, 9.17) is 19.1 Å². The van der Waals surface area contributed by atoms with Crippen LogP contribution in [0.15, 0.2) is 13.5 Å². The van der Waals surface area contributed by atoms with Crippen LogP contribution in [-0.4, -0.2) is 156 Å². The van der Waals surface area contributed by atoms with Gasteiger partial charge >= 0.3 is 7.51 Å². The minimum absolute atomic E-state index is 0.338. The van der Waals surface area contributed by atoms with Crippen molar-refractivity contribution in [2.24, 2.45) is 19.1 Å². The molecule has 0 heterocycles. The third-order valence-corrected chi connectivity index (χ3v) is 21.4. The van der Waals surface area contributed by atoms with Gasteiger partial charge in [-0.2, -0.15) is 0 Å². The van der Waals surface area contributed by atoms with Gasteiger partial charge in [-0.15, -0.1) is 13.5 Å². The van der Waals surface area contributed by atoms with E-state index in [2.05, 4.69) is 138 Å². The van der Waals surface area contributed by atoms with E-state index in [0.717, 1.165) is 0 Å². The maximum Gasteiger partial charge on any atom is 0.451 e. The molecule has 37 heavy (non-hydrogen) atoms. The molecule has 0 atom stereocenters. The Morgan fingerprint density at radius 1 is 0.459 bits per heavy atom. The van der Waals surface area contributed by atoms with Crippen LogP contribution in [0.5, 0.6) is 0 Å². The van der Waals surface area contributed by atoms with Crippen molar-refractivity contribution in [3.05, 3.63) is 0 Å². The van der Waals surface area contributed by atoms with Crippen LogP contribution in [0.4, 0.5) is 0 Å². The molecule has 0 unspecified atom stereocenters. The van der Waals surface area contributed by atoms with Gasteiger partial charge in [0.1, 0.15) is 0 Å². The first kappa shape index (κ1) is 37.6. The molecule has 0 spiro atoms. The van der Waals surface area contributed by atoms with Gasteiger partial charge in [0.25, 0.3) is 0 Å². The van der Waals surface area contributed by atoms with Gasteiger partial charge in [-0.25, -0.2) is 4.74 Å². The standard InChI is InChI=1S/C20H59N13P4/c1-20(2,3)22-35(23-34(21,26(4)5)27(6)7,24-36(28(8)9,29(10)11)30(12)13)25-37(31(14)15,32(16)17)33(18)19/h21H2,1-19H3/p+1. The Morgan fingerprint density at radius 3 is 0.865 bits per heavy atom. The highest BCUT2D eigenvalue weighted by atomic mass is 31.3. The van der Waals surface area contributed by atoms with Gasteiger partial charge in [0.05, 0.1) is 0 Å². The minimum Gasteiger partial charge on any atom is -0.273 e. The highest BCUT2D eigenvalue weighted by Gasteiger charge is 2.44. The maximum atomic E-state index is 7.19. The van der Waals surface area contributed by atoms with Crippen LogP contribution in [-0.2, 0) is 0 Å². The second-order valence-electron chi connectivity index (χ2n) is 11.7. The van der Waals surface area contributed by atoms with Gasteiger partial charge in [-0.3, -0.25) is 42.9 Å². The van der Waals surface area contributed by atoms with E-state index in [1.807, 2.05) is 37.5 Å². The van der Waals surface area contributed by atoms with Crippen LogP contribution in [0.25, 0.3) is 0 Å². The summed E-state index contributed by atoms with van der Waals surface area (Å²) in [6.45, 7) is 6.44. The first-order valence-electron chi connectivity index (χ1n) is 12.2. The van der Waals surface area contributed by atoms with E-state index in [1.165, 1.54) is 0 Å². The van der Waals surface area contributed by atoms with E-state index < -0.39 is 30.0 Å². The molecule has 224 valence electrons. The number of nitrogens with zero attached hydrogens (tertiary/aromatic N) is 11. The fraction of sp³-hybridized carbons (Fsp3) is 1.00. The van der Waals surface area contributed by atoms with E-state index in [-0.39, 0.29) is 5.54 Å². The summed E-state index contributed by atoms with van der Waals surface area (Å²) in [6, 6.07) is 0. The molecule has 0 rings (SSSR count). The zero-order valence-corrected chi connectivity index (χ0v) is 30.9. The van der Waals surface area contributed by atoms with E-state index in [0.29, 0.717) is 0 Å². The van der Waals surface area contributed by atoms with Crippen molar-refractivity contribution < 1.29 is 4.74 Å². The molecule has 0 aromatic heterocycles. The quantitative estimate of drug-likeness (QED) is 0.344. The number of nitrogens with one attached hydrogen (secondary N) is 1. The van der Waals surface area contributed by atoms with Crippen LogP contribution in [0.3, 0.4) is 0 Å². The van der Waals surface area contributed by atoms with Crippen molar-refractivity contribution in [1.29, 1.82) is 0 Å². The fourth-order valence-electron chi connectivity index (χ4n) is 4.23. The molecule has 0 amide bonds. The lowest BCUT2D eigenvalue weighted by atomic mass is 10.1. The Labute approximate surface area is 230 Å². The third-order valence-electron chi connectivity index (χ3n) is 5.63. The molecule has 17 heteroatoms. The van der Waals surface area contributed by atoms with Gasteiger partial charge in [-0.1, -0.05) is 0 Å². The molecular weight excluding hydrogens is 546 g/mol. The molecule has 0 fully saturated rings. The highest BCUT2D eigenvalue weighted by molar-refractivity contribution is 7.79. The SMILES string of the molecule is CN(C)P(N)(=NP(N=P(N(C)C)(N(C)C)N(C)C)(N=P(N(C)C)(N(C)C)N(C)C)=[NH+]C(C)(C)C)N(C)C. The van der Waals surface area contributed by atoms with Crippen LogP contribution in [0, 0.1) is 0 Å². The lowest BCUT2D eigenvalue weighted by Crippen LogP contribution is -2.79. The van der Waals surface area contributed by atoms with Gasteiger partial charge in [-0.05, 0) is 134 Å². The van der Waals surface area contributed by atoms with Crippen molar-refractivity contribution in [1.82, 2.24) is 37.4 Å². The molecule has 0 saturated heterocycles. The number of rotatable bonds is 11. The molecule has 3 N–H and O–H groups in total. The van der Waals surface area contributed by atoms with Crippen LogP contribution in [0.2, 0.25) is 0 Å². The predicted molar refractivity (Wildman–Crippen MR) is 169 cm³/mol. The summed E-state index contributed by atoms with van der Waals surface area (Å²) in [5.41, 5.74) is 6.85. The van der Waals surface area contributed by atoms with Crippen molar-refractivity contribution in [2.75, 3.05) is 113 Å². The lowest BCUT2D eigenvalue weighted by molar-refractivity contribution is -0.520. The Balaban J connectivity index is 9.13. The number of nitrogens with two attached hydrogens (primary N) is 1. The van der Waals surface area contributed by atoms with Gasteiger partial charge < -0.3 is 0 Å². The number of hydrogen-bond donors (Lipinski definition) is 2. The van der Waals surface area contributed by atoms with E-state index in [1.54, 1.807) is 0 Å². The molecule has 13 nitrogen and oxygen atoms in total. The largest absolute Gasteiger partial charge is 0.451 e. The Kier molecular flexibility index (Phi) is 13.7. The second-order valence-corrected chi connectivity index (χ2v) is 24.9. The zero-order chi connectivity index (χ0) is 29.9. The molecule has 0 aromatic carbocycles. The molecule has 0 radical (unpaired) electrons. The average molecular weight is 607 g/mol. The summed E-state index contributed by atoms with van der Waals surface area (Å²) in [7, 11) is 22.3. The minimum atomic E-state index is -3.10. The topological polar surface area (TPSA) is 103 Å². The van der Waals surface area contributed by atoms with Crippen molar-refractivity contribution in [2.45, 2.75) is 26.3 Å².